The average Bonchev–Trinajstić information content (AvgIpc) is 2.66. The molecule has 1 amide bonds. The highest BCUT2D eigenvalue weighted by atomic mass is 35.5. The molecule has 1 aliphatic rings. The fourth-order valence-corrected chi connectivity index (χ4v) is 3.11. The van der Waals surface area contributed by atoms with E-state index in [2.05, 4.69) is 9.97 Å². The summed E-state index contributed by atoms with van der Waals surface area (Å²) in [6, 6.07) is 0. The molecule has 1 atom stereocenters. The van der Waals surface area contributed by atoms with Crippen LogP contribution in [0.2, 0.25) is 5.28 Å². The van der Waals surface area contributed by atoms with Gasteiger partial charge in [0.1, 0.15) is 6.20 Å². The van der Waals surface area contributed by atoms with Crippen LogP contribution >= 0.6 is 11.6 Å². The van der Waals surface area contributed by atoms with Gasteiger partial charge < -0.3 is 0 Å². The number of hydrogen-bond donors (Lipinski definition) is 1. The quantitative estimate of drug-likeness (QED) is 0.450. The van der Waals surface area contributed by atoms with E-state index < -0.39 is 32.5 Å². The molecular formula is C9H10ClN5O5S. The summed E-state index contributed by atoms with van der Waals surface area (Å²) < 4.78 is 22.1. The molecule has 1 aromatic rings. The van der Waals surface area contributed by atoms with Crippen molar-refractivity contribution in [2.75, 3.05) is 17.2 Å². The predicted molar refractivity (Wildman–Crippen MR) is 72.1 cm³/mol. The molecule has 10 nitrogen and oxygen atoms in total. The van der Waals surface area contributed by atoms with Crippen LogP contribution in [0.3, 0.4) is 0 Å². The summed E-state index contributed by atoms with van der Waals surface area (Å²) in [6.45, 7) is -0.0382. The maximum atomic E-state index is 11.9. The van der Waals surface area contributed by atoms with Crippen molar-refractivity contribution in [1.82, 2.24) is 9.97 Å². The van der Waals surface area contributed by atoms with Crippen LogP contribution in [0.15, 0.2) is 6.20 Å². The maximum Gasteiger partial charge on any atom is 0.330 e. The number of hydrogen-bond acceptors (Lipinski definition) is 7. The number of anilines is 1. The average molecular weight is 336 g/mol. The van der Waals surface area contributed by atoms with E-state index in [4.69, 9.17) is 16.7 Å². The van der Waals surface area contributed by atoms with Gasteiger partial charge in [0.25, 0.3) is 0 Å². The van der Waals surface area contributed by atoms with Crippen molar-refractivity contribution in [1.29, 1.82) is 0 Å². The first-order valence-electron chi connectivity index (χ1n) is 5.65. The second-order valence-electron chi connectivity index (χ2n) is 4.51. The topological polar surface area (TPSA) is 149 Å². The SMILES string of the molecule is NS(=O)(=O)CC1CC(=O)N(c2nc(Cl)ncc2[N+](=O)[O-])C1. The highest BCUT2D eigenvalue weighted by Gasteiger charge is 2.37. The summed E-state index contributed by atoms with van der Waals surface area (Å²) >= 11 is 5.59. The van der Waals surface area contributed by atoms with E-state index in [1.54, 1.807) is 0 Å². The normalized spacial score (nSPS) is 19.0. The lowest BCUT2D eigenvalue weighted by molar-refractivity contribution is -0.384. The molecule has 1 aliphatic heterocycles. The maximum absolute atomic E-state index is 11.9. The van der Waals surface area contributed by atoms with Gasteiger partial charge in [0.05, 0.1) is 10.7 Å². The van der Waals surface area contributed by atoms with Crippen molar-refractivity contribution in [3.63, 3.8) is 0 Å². The minimum absolute atomic E-state index is 0.0382. The van der Waals surface area contributed by atoms with Gasteiger partial charge in [-0.25, -0.2) is 18.5 Å². The molecule has 0 aromatic carbocycles. The van der Waals surface area contributed by atoms with Crippen LogP contribution in [-0.4, -0.2) is 41.5 Å². The van der Waals surface area contributed by atoms with Gasteiger partial charge in [-0.3, -0.25) is 19.8 Å². The van der Waals surface area contributed by atoms with Gasteiger partial charge in [0, 0.05) is 18.9 Å². The number of aromatic nitrogens is 2. The molecule has 21 heavy (non-hydrogen) atoms. The Kier molecular flexibility index (Phi) is 4.07. The number of nitrogens with two attached hydrogens (primary N) is 1. The lowest BCUT2D eigenvalue weighted by Crippen LogP contribution is -2.28. The van der Waals surface area contributed by atoms with Crippen molar-refractivity contribution in [3.05, 3.63) is 21.6 Å². The van der Waals surface area contributed by atoms with Gasteiger partial charge in [0.15, 0.2) is 0 Å². The minimum Gasteiger partial charge on any atom is -0.291 e. The van der Waals surface area contributed by atoms with E-state index in [1.807, 2.05) is 0 Å². The Morgan fingerprint density at radius 2 is 2.24 bits per heavy atom. The lowest BCUT2D eigenvalue weighted by Gasteiger charge is -2.15. The molecule has 12 heteroatoms. The van der Waals surface area contributed by atoms with Crippen LogP contribution in [0.25, 0.3) is 0 Å². The first-order chi connectivity index (χ1) is 9.67. The fraction of sp³-hybridized carbons (Fsp3) is 0.444. The first kappa shape index (κ1) is 15.5. The van der Waals surface area contributed by atoms with Crippen molar-refractivity contribution < 1.29 is 18.1 Å². The Labute approximate surface area is 124 Å². The van der Waals surface area contributed by atoms with E-state index in [9.17, 15) is 23.3 Å². The summed E-state index contributed by atoms with van der Waals surface area (Å²) in [5.41, 5.74) is -0.482. The molecule has 1 saturated heterocycles. The Hall–Kier alpha value is -1.85. The Morgan fingerprint density at radius 1 is 1.57 bits per heavy atom. The molecule has 1 unspecified atom stereocenters. The number of rotatable bonds is 4. The molecule has 0 saturated carbocycles. The van der Waals surface area contributed by atoms with Crippen LogP contribution in [0.5, 0.6) is 0 Å². The third kappa shape index (κ3) is 3.62. The monoisotopic (exact) mass is 335 g/mol. The molecule has 2 heterocycles. The van der Waals surface area contributed by atoms with E-state index >= 15 is 0 Å². The van der Waals surface area contributed by atoms with Crippen LogP contribution in [0, 0.1) is 16.0 Å². The van der Waals surface area contributed by atoms with Crippen LogP contribution in [-0.2, 0) is 14.8 Å². The number of halogens is 1. The van der Waals surface area contributed by atoms with Crippen molar-refractivity contribution >= 4 is 39.0 Å². The fourth-order valence-electron chi connectivity index (χ4n) is 2.10. The largest absolute Gasteiger partial charge is 0.330 e. The highest BCUT2D eigenvalue weighted by molar-refractivity contribution is 7.89. The van der Waals surface area contributed by atoms with Crippen LogP contribution in [0.4, 0.5) is 11.5 Å². The number of carbonyl (C=O) groups is 1. The number of nitrogens with zero attached hydrogens (tertiary/aromatic N) is 4. The van der Waals surface area contributed by atoms with E-state index in [0.29, 0.717) is 0 Å². The molecule has 1 aromatic heterocycles. The third-order valence-electron chi connectivity index (χ3n) is 2.85. The second-order valence-corrected chi connectivity index (χ2v) is 6.51. The van der Waals surface area contributed by atoms with E-state index in [-0.39, 0.29) is 29.8 Å². The van der Waals surface area contributed by atoms with Gasteiger partial charge in [0.2, 0.25) is 27.0 Å². The van der Waals surface area contributed by atoms with Gasteiger partial charge >= 0.3 is 5.69 Å². The molecule has 0 aliphatic carbocycles. The van der Waals surface area contributed by atoms with Crippen molar-refractivity contribution in [3.8, 4) is 0 Å². The third-order valence-corrected chi connectivity index (χ3v) is 3.96. The Bertz CT molecular complexity index is 708. The predicted octanol–water partition coefficient (Wildman–Crippen LogP) is -0.320. The zero-order valence-corrected chi connectivity index (χ0v) is 12.0. The van der Waals surface area contributed by atoms with Crippen LogP contribution < -0.4 is 10.0 Å². The number of amides is 1. The molecule has 114 valence electrons. The number of carbonyl (C=O) groups excluding carboxylic acids is 1. The van der Waals surface area contributed by atoms with Crippen molar-refractivity contribution in [2.45, 2.75) is 6.42 Å². The Balaban J connectivity index is 2.33. The minimum atomic E-state index is -3.74. The smallest absolute Gasteiger partial charge is 0.291 e. The highest BCUT2D eigenvalue weighted by Crippen LogP contribution is 2.31. The van der Waals surface area contributed by atoms with Crippen LogP contribution in [0.1, 0.15) is 6.42 Å². The van der Waals surface area contributed by atoms with E-state index in [1.165, 1.54) is 0 Å². The number of sulfonamides is 1. The summed E-state index contributed by atoms with van der Waals surface area (Å²) in [5, 5.41) is 15.6. The summed E-state index contributed by atoms with van der Waals surface area (Å²) in [4.78, 5) is 30.3. The zero-order chi connectivity index (χ0) is 15.8. The molecule has 2 N–H and O–H groups in total. The van der Waals surface area contributed by atoms with Gasteiger partial charge in [-0.05, 0) is 11.6 Å². The van der Waals surface area contributed by atoms with Crippen molar-refractivity contribution in [2.24, 2.45) is 11.1 Å². The summed E-state index contributed by atoms with van der Waals surface area (Å²) in [5.74, 6) is -1.67. The summed E-state index contributed by atoms with van der Waals surface area (Å²) in [6.07, 6.45) is 0.806. The van der Waals surface area contributed by atoms with Gasteiger partial charge in [-0.1, -0.05) is 0 Å². The lowest BCUT2D eigenvalue weighted by atomic mass is 10.1. The molecule has 0 spiro atoms. The first-order valence-corrected chi connectivity index (χ1v) is 7.74. The molecule has 0 radical (unpaired) electrons. The number of primary sulfonamides is 1. The molecular weight excluding hydrogens is 326 g/mol. The van der Waals surface area contributed by atoms with E-state index in [0.717, 1.165) is 11.1 Å². The standard InChI is InChI=1S/C9H10ClN5O5S/c10-9-12-2-6(15(17)18)8(13-9)14-3-5(1-7(14)16)4-21(11,19)20/h2,5H,1,3-4H2,(H2,11,19,20). The Morgan fingerprint density at radius 3 is 2.81 bits per heavy atom. The number of nitro groups is 1. The molecule has 1 fully saturated rings. The molecule has 0 bridgehead atoms. The second kappa shape index (κ2) is 5.50. The van der Waals surface area contributed by atoms with Gasteiger partial charge in [-0.15, -0.1) is 0 Å². The summed E-state index contributed by atoms with van der Waals surface area (Å²) in [7, 11) is -3.74. The zero-order valence-electron chi connectivity index (χ0n) is 10.5. The molecule has 2 rings (SSSR count). The van der Waals surface area contributed by atoms with Gasteiger partial charge in [-0.2, -0.15) is 4.98 Å².